The topological polar surface area (TPSA) is 84.8 Å². The van der Waals surface area contributed by atoms with Crippen LogP contribution >= 0.6 is 11.6 Å². The molecular weight excluding hydrogens is 512 g/mol. The Hall–Kier alpha value is -4.23. The van der Waals surface area contributed by atoms with Crippen LogP contribution in [0, 0.1) is 13.8 Å². The number of aromatic nitrogens is 4. The minimum absolute atomic E-state index is 0.241. The van der Waals surface area contributed by atoms with Gasteiger partial charge in [-0.1, -0.05) is 61.3 Å². The Labute approximate surface area is 231 Å². The number of ether oxygens (including phenoxy) is 1. The Bertz CT molecular complexity index is 1600. The van der Waals surface area contributed by atoms with E-state index in [4.69, 9.17) is 16.3 Å². The first-order valence-electron chi connectivity index (χ1n) is 13.1. The molecule has 2 heterocycles. The van der Waals surface area contributed by atoms with Crippen molar-refractivity contribution >= 4 is 11.6 Å². The highest BCUT2D eigenvalue weighted by atomic mass is 35.5. The predicted molar refractivity (Wildman–Crippen MR) is 155 cm³/mol. The second-order valence-corrected chi connectivity index (χ2v) is 10.0. The number of halogens is 1. The summed E-state index contributed by atoms with van der Waals surface area (Å²) in [5.74, 6) is -0.141. The van der Waals surface area contributed by atoms with Crippen LogP contribution in [0.2, 0.25) is 5.02 Å². The first-order chi connectivity index (χ1) is 18.9. The van der Waals surface area contributed by atoms with Crippen molar-refractivity contribution in [3.05, 3.63) is 133 Å². The third-order valence-corrected chi connectivity index (χ3v) is 7.11. The third-order valence-electron chi connectivity index (χ3n) is 6.88. The maximum Gasteiger partial charge on any atom is 0.275 e. The van der Waals surface area contributed by atoms with Crippen molar-refractivity contribution in [2.75, 3.05) is 6.61 Å². The molecule has 0 aliphatic heterocycles. The SMILES string of the molecule is CCCCOc1ccc(Cl)cc1C(c1c(C)[nH]n(-c2ccccc2)c1=O)c1c(C)[nH]n(-c2ccccc2)c1=O. The van der Waals surface area contributed by atoms with Crippen LogP contribution in [0.15, 0.2) is 88.5 Å². The summed E-state index contributed by atoms with van der Waals surface area (Å²) in [4.78, 5) is 28.1. The van der Waals surface area contributed by atoms with Crippen molar-refractivity contribution < 1.29 is 4.74 Å². The molecule has 0 unspecified atom stereocenters. The monoisotopic (exact) mass is 542 g/mol. The third kappa shape index (κ3) is 5.10. The largest absolute Gasteiger partial charge is 0.493 e. The van der Waals surface area contributed by atoms with Crippen LogP contribution < -0.4 is 15.9 Å². The normalized spacial score (nSPS) is 11.3. The molecule has 0 saturated heterocycles. The van der Waals surface area contributed by atoms with Gasteiger partial charge in [-0.2, -0.15) is 0 Å². The van der Waals surface area contributed by atoms with Crippen molar-refractivity contribution in [2.45, 2.75) is 39.5 Å². The van der Waals surface area contributed by atoms with E-state index in [1.807, 2.05) is 80.6 Å². The molecule has 8 heteroatoms. The van der Waals surface area contributed by atoms with E-state index in [2.05, 4.69) is 17.1 Å². The van der Waals surface area contributed by atoms with E-state index in [0.29, 0.717) is 56.8 Å². The van der Waals surface area contributed by atoms with Crippen LogP contribution in [-0.4, -0.2) is 26.2 Å². The van der Waals surface area contributed by atoms with E-state index >= 15 is 0 Å². The fourth-order valence-corrected chi connectivity index (χ4v) is 5.16. The molecule has 7 nitrogen and oxygen atoms in total. The van der Waals surface area contributed by atoms with Gasteiger partial charge >= 0.3 is 0 Å². The number of hydrogen-bond acceptors (Lipinski definition) is 3. The minimum atomic E-state index is -0.734. The van der Waals surface area contributed by atoms with Crippen molar-refractivity contribution in [3.8, 4) is 17.1 Å². The molecule has 0 spiro atoms. The number of benzene rings is 3. The molecule has 2 N–H and O–H groups in total. The van der Waals surface area contributed by atoms with Gasteiger partial charge in [0.15, 0.2) is 0 Å². The van der Waals surface area contributed by atoms with Crippen LogP contribution in [0.5, 0.6) is 5.75 Å². The Morgan fingerprint density at radius 2 is 1.31 bits per heavy atom. The molecule has 0 amide bonds. The number of nitrogens with one attached hydrogen (secondary N) is 2. The molecule has 0 atom stereocenters. The van der Waals surface area contributed by atoms with E-state index in [0.717, 1.165) is 12.8 Å². The van der Waals surface area contributed by atoms with Crippen LogP contribution in [0.4, 0.5) is 0 Å². The van der Waals surface area contributed by atoms with Crippen molar-refractivity contribution in [1.82, 2.24) is 19.6 Å². The summed E-state index contributed by atoms with van der Waals surface area (Å²) in [6.07, 6.45) is 1.85. The lowest BCUT2D eigenvalue weighted by Gasteiger charge is -2.20. The first-order valence-corrected chi connectivity index (χ1v) is 13.4. The zero-order valence-electron chi connectivity index (χ0n) is 22.2. The lowest BCUT2D eigenvalue weighted by Crippen LogP contribution is -2.25. The highest BCUT2D eigenvalue weighted by Gasteiger charge is 2.33. The van der Waals surface area contributed by atoms with Crippen molar-refractivity contribution in [1.29, 1.82) is 0 Å². The quantitative estimate of drug-likeness (QED) is 0.215. The van der Waals surface area contributed by atoms with E-state index in [-0.39, 0.29) is 11.1 Å². The van der Waals surface area contributed by atoms with Crippen LogP contribution in [0.1, 0.15) is 53.8 Å². The lowest BCUT2D eigenvalue weighted by molar-refractivity contribution is 0.306. The Balaban J connectivity index is 1.79. The lowest BCUT2D eigenvalue weighted by atomic mass is 9.84. The number of para-hydroxylation sites is 2. The van der Waals surface area contributed by atoms with Crippen LogP contribution in [0.25, 0.3) is 11.4 Å². The van der Waals surface area contributed by atoms with Gasteiger partial charge in [0.1, 0.15) is 5.75 Å². The maximum atomic E-state index is 14.1. The van der Waals surface area contributed by atoms with Crippen molar-refractivity contribution in [3.63, 3.8) is 0 Å². The molecule has 200 valence electrons. The minimum Gasteiger partial charge on any atom is -0.493 e. The Kier molecular flexibility index (Phi) is 7.61. The number of aromatic amines is 2. The number of rotatable bonds is 9. The molecule has 3 aromatic carbocycles. The average Bonchev–Trinajstić information content (AvgIpc) is 3.41. The summed E-state index contributed by atoms with van der Waals surface area (Å²) in [5, 5.41) is 6.94. The zero-order chi connectivity index (χ0) is 27.5. The van der Waals surface area contributed by atoms with Gasteiger partial charge in [0, 0.05) is 22.0 Å². The molecule has 0 aliphatic rings. The highest BCUT2D eigenvalue weighted by molar-refractivity contribution is 6.30. The van der Waals surface area contributed by atoms with E-state index < -0.39 is 5.92 Å². The summed E-state index contributed by atoms with van der Waals surface area (Å²) in [6, 6.07) is 24.1. The summed E-state index contributed by atoms with van der Waals surface area (Å²) < 4.78 is 9.23. The number of hydrogen-bond donors (Lipinski definition) is 2. The highest BCUT2D eigenvalue weighted by Crippen LogP contribution is 2.39. The number of nitrogens with zero attached hydrogens (tertiary/aromatic N) is 2. The molecular formula is C31H31ClN4O3. The molecule has 0 radical (unpaired) electrons. The zero-order valence-corrected chi connectivity index (χ0v) is 23.0. The second kappa shape index (κ2) is 11.3. The Morgan fingerprint density at radius 3 is 1.79 bits per heavy atom. The van der Waals surface area contributed by atoms with Gasteiger partial charge in [-0.05, 0) is 62.7 Å². The molecule has 0 fully saturated rings. The number of unbranched alkanes of at least 4 members (excludes halogenated alkanes) is 1. The smallest absolute Gasteiger partial charge is 0.275 e. The Morgan fingerprint density at radius 1 is 0.795 bits per heavy atom. The fourth-order valence-electron chi connectivity index (χ4n) is 4.97. The van der Waals surface area contributed by atoms with Gasteiger partial charge in [0.05, 0.1) is 35.0 Å². The molecule has 0 bridgehead atoms. The van der Waals surface area contributed by atoms with Crippen LogP contribution in [-0.2, 0) is 0 Å². The average molecular weight is 543 g/mol. The van der Waals surface area contributed by atoms with Gasteiger partial charge < -0.3 is 4.74 Å². The molecule has 5 rings (SSSR count). The van der Waals surface area contributed by atoms with Crippen LogP contribution in [0.3, 0.4) is 0 Å². The van der Waals surface area contributed by atoms with E-state index in [1.54, 1.807) is 12.1 Å². The number of H-pyrrole nitrogens is 2. The van der Waals surface area contributed by atoms with Gasteiger partial charge in [0.25, 0.3) is 11.1 Å². The maximum absolute atomic E-state index is 14.1. The van der Waals surface area contributed by atoms with E-state index in [1.165, 1.54) is 9.36 Å². The van der Waals surface area contributed by atoms with Gasteiger partial charge in [0.2, 0.25) is 0 Å². The second-order valence-electron chi connectivity index (χ2n) is 9.57. The standard InChI is InChI=1S/C31H31ClN4O3/c1-4-5-18-39-26-17-16-22(32)19-25(26)29(27-20(2)33-35(30(27)37)23-12-8-6-9-13-23)28-21(3)34-36(31(28)38)24-14-10-7-11-15-24/h6-17,19,29,33-34H,4-5,18H2,1-3H3. The molecule has 0 saturated carbocycles. The van der Waals surface area contributed by atoms with Crippen molar-refractivity contribution in [2.24, 2.45) is 0 Å². The summed E-state index contributed by atoms with van der Waals surface area (Å²) in [7, 11) is 0. The molecule has 2 aromatic heterocycles. The number of aryl methyl sites for hydroxylation is 2. The van der Waals surface area contributed by atoms with Gasteiger partial charge in [-0.25, -0.2) is 9.36 Å². The first kappa shape index (κ1) is 26.4. The molecule has 39 heavy (non-hydrogen) atoms. The molecule has 0 aliphatic carbocycles. The fraction of sp³-hybridized carbons (Fsp3) is 0.226. The summed E-state index contributed by atoms with van der Waals surface area (Å²) in [6.45, 7) is 6.31. The molecule has 5 aromatic rings. The summed E-state index contributed by atoms with van der Waals surface area (Å²) in [5.41, 5.74) is 3.81. The predicted octanol–water partition coefficient (Wildman–Crippen LogP) is 6.27. The summed E-state index contributed by atoms with van der Waals surface area (Å²) >= 11 is 6.52. The van der Waals surface area contributed by atoms with Gasteiger partial charge in [-0.3, -0.25) is 19.8 Å². The van der Waals surface area contributed by atoms with Gasteiger partial charge in [-0.15, -0.1) is 0 Å². The van der Waals surface area contributed by atoms with E-state index in [9.17, 15) is 9.59 Å².